The van der Waals surface area contributed by atoms with Gasteiger partial charge in [-0.25, -0.2) is 0 Å². The number of carbonyl (C=O) groups excluding carboxylic acids is 1. The van der Waals surface area contributed by atoms with Gasteiger partial charge in [0.2, 0.25) is 5.91 Å². The van der Waals surface area contributed by atoms with E-state index in [1.54, 1.807) is 18.2 Å². The smallest absolute Gasteiger partial charge is 0.306 e. The SMILES string of the molecule is O=C(CCCOc1ccc(Cl)cc1Cl)NC1CCC(C(=O)O)CC1. The second kappa shape index (κ2) is 9.14. The lowest BCUT2D eigenvalue weighted by Crippen LogP contribution is -2.38. The molecule has 132 valence electrons. The Hall–Kier alpha value is -1.46. The molecule has 0 bridgehead atoms. The Morgan fingerprint density at radius 3 is 2.54 bits per heavy atom. The number of halogens is 2. The molecule has 7 heteroatoms. The van der Waals surface area contributed by atoms with Crippen molar-refractivity contribution in [2.75, 3.05) is 6.61 Å². The summed E-state index contributed by atoms with van der Waals surface area (Å²) in [5.41, 5.74) is 0. The highest BCUT2D eigenvalue weighted by molar-refractivity contribution is 6.35. The van der Waals surface area contributed by atoms with Crippen LogP contribution in [0.5, 0.6) is 5.75 Å². The molecule has 24 heavy (non-hydrogen) atoms. The van der Waals surface area contributed by atoms with Crippen LogP contribution in [0.3, 0.4) is 0 Å². The number of ether oxygens (including phenoxy) is 1. The number of benzene rings is 1. The maximum atomic E-state index is 11.9. The van der Waals surface area contributed by atoms with Crippen LogP contribution in [0.2, 0.25) is 10.0 Å². The predicted molar refractivity (Wildman–Crippen MR) is 92.7 cm³/mol. The van der Waals surface area contributed by atoms with E-state index in [9.17, 15) is 9.59 Å². The van der Waals surface area contributed by atoms with E-state index < -0.39 is 5.97 Å². The first-order valence-electron chi connectivity index (χ1n) is 8.05. The minimum atomic E-state index is -0.738. The molecular weight excluding hydrogens is 353 g/mol. The van der Waals surface area contributed by atoms with Crippen molar-refractivity contribution in [3.05, 3.63) is 28.2 Å². The van der Waals surface area contributed by atoms with Crippen molar-refractivity contribution in [3.8, 4) is 5.75 Å². The molecule has 2 rings (SSSR count). The third kappa shape index (κ3) is 5.87. The molecule has 1 saturated carbocycles. The summed E-state index contributed by atoms with van der Waals surface area (Å²) in [5, 5.41) is 12.9. The van der Waals surface area contributed by atoms with Crippen LogP contribution in [0, 0.1) is 5.92 Å². The molecule has 0 aromatic heterocycles. The summed E-state index contributed by atoms with van der Waals surface area (Å²) in [5.74, 6) is -0.485. The number of carboxylic acids is 1. The number of carbonyl (C=O) groups is 2. The predicted octanol–water partition coefficient (Wildman–Crippen LogP) is 3.91. The van der Waals surface area contributed by atoms with Crippen LogP contribution in [-0.2, 0) is 9.59 Å². The maximum absolute atomic E-state index is 11.9. The van der Waals surface area contributed by atoms with Gasteiger partial charge >= 0.3 is 5.97 Å². The molecule has 2 N–H and O–H groups in total. The van der Waals surface area contributed by atoms with Crippen LogP contribution in [0.15, 0.2) is 18.2 Å². The molecule has 1 aliphatic carbocycles. The normalized spacial score (nSPS) is 20.4. The standard InChI is InChI=1S/C17H21Cl2NO4/c18-12-5-8-15(14(19)10-12)24-9-1-2-16(21)20-13-6-3-11(4-7-13)17(22)23/h5,8,10-11,13H,1-4,6-7,9H2,(H,20,21)(H,22,23). The van der Waals surface area contributed by atoms with E-state index in [-0.39, 0.29) is 17.9 Å². The number of nitrogens with one attached hydrogen (secondary N) is 1. The molecule has 0 radical (unpaired) electrons. The highest BCUT2D eigenvalue weighted by Crippen LogP contribution is 2.27. The molecule has 1 aromatic rings. The summed E-state index contributed by atoms with van der Waals surface area (Å²) in [6.07, 6.45) is 3.63. The van der Waals surface area contributed by atoms with Crippen molar-refractivity contribution in [2.45, 2.75) is 44.6 Å². The van der Waals surface area contributed by atoms with E-state index >= 15 is 0 Å². The van der Waals surface area contributed by atoms with Gasteiger partial charge in [0.1, 0.15) is 5.75 Å². The molecule has 1 aromatic carbocycles. The Labute approximate surface area is 151 Å². The lowest BCUT2D eigenvalue weighted by atomic mass is 9.86. The molecule has 1 amide bonds. The van der Waals surface area contributed by atoms with Crippen molar-refractivity contribution < 1.29 is 19.4 Å². The topological polar surface area (TPSA) is 75.6 Å². The van der Waals surface area contributed by atoms with E-state index in [2.05, 4.69) is 5.32 Å². The summed E-state index contributed by atoms with van der Waals surface area (Å²) in [4.78, 5) is 22.8. The summed E-state index contributed by atoms with van der Waals surface area (Å²) in [7, 11) is 0. The Morgan fingerprint density at radius 2 is 1.92 bits per heavy atom. The summed E-state index contributed by atoms with van der Waals surface area (Å²) in [6.45, 7) is 0.389. The highest BCUT2D eigenvalue weighted by Gasteiger charge is 2.26. The Morgan fingerprint density at radius 1 is 1.21 bits per heavy atom. The van der Waals surface area contributed by atoms with E-state index in [1.807, 2.05) is 0 Å². The van der Waals surface area contributed by atoms with Crippen LogP contribution >= 0.6 is 23.2 Å². The quantitative estimate of drug-likeness (QED) is 0.710. The Kier molecular flexibility index (Phi) is 7.18. The fourth-order valence-corrected chi connectivity index (χ4v) is 3.25. The molecule has 0 aliphatic heterocycles. The van der Waals surface area contributed by atoms with Crippen molar-refractivity contribution >= 4 is 35.1 Å². The Bertz CT molecular complexity index is 586. The molecule has 0 unspecified atom stereocenters. The van der Waals surface area contributed by atoms with Gasteiger partial charge in [-0.15, -0.1) is 0 Å². The number of amides is 1. The van der Waals surface area contributed by atoms with Crippen LogP contribution in [0.4, 0.5) is 0 Å². The van der Waals surface area contributed by atoms with Crippen LogP contribution in [0.1, 0.15) is 38.5 Å². The van der Waals surface area contributed by atoms with E-state index in [0.717, 1.165) is 12.8 Å². The van der Waals surface area contributed by atoms with Gasteiger partial charge in [0.25, 0.3) is 0 Å². The fourth-order valence-electron chi connectivity index (χ4n) is 2.79. The van der Waals surface area contributed by atoms with Gasteiger partial charge in [-0.05, 0) is 50.3 Å². The maximum Gasteiger partial charge on any atom is 0.306 e. The van der Waals surface area contributed by atoms with Gasteiger partial charge < -0.3 is 15.2 Å². The number of aliphatic carboxylic acids is 1. The van der Waals surface area contributed by atoms with E-state index in [1.165, 1.54) is 0 Å². The molecular formula is C17H21Cl2NO4. The second-order valence-electron chi connectivity index (χ2n) is 5.98. The zero-order valence-electron chi connectivity index (χ0n) is 13.3. The summed E-state index contributed by atoms with van der Waals surface area (Å²) in [6, 6.07) is 5.09. The van der Waals surface area contributed by atoms with Gasteiger partial charge in [0, 0.05) is 17.5 Å². The third-order valence-corrected chi connectivity index (χ3v) is 4.67. The Balaban J connectivity index is 1.62. The van der Waals surface area contributed by atoms with Crippen molar-refractivity contribution in [1.29, 1.82) is 0 Å². The molecule has 0 saturated heterocycles. The van der Waals surface area contributed by atoms with Crippen LogP contribution in [0.25, 0.3) is 0 Å². The fraction of sp³-hybridized carbons (Fsp3) is 0.529. The van der Waals surface area contributed by atoms with Gasteiger partial charge in [-0.2, -0.15) is 0 Å². The van der Waals surface area contributed by atoms with E-state index in [4.69, 9.17) is 33.0 Å². The summed E-state index contributed by atoms with van der Waals surface area (Å²) < 4.78 is 5.54. The largest absolute Gasteiger partial charge is 0.492 e. The number of hydrogen-bond acceptors (Lipinski definition) is 3. The van der Waals surface area contributed by atoms with Crippen LogP contribution in [-0.4, -0.2) is 29.6 Å². The van der Waals surface area contributed by atoms with Gasteiger partial charge in [0.05, 0.1) is 17.5 Å². The minimum absolute atomic E-state index is 0.0282. The second-order valence-corrected chi connectivity index (χ2v) is 6.82. The van der Waals surface area contributed by atoms with Crippen molar-refractivity contribution in [3.63, 3.8) is 0 Å². The first-order valence-corrected chi connectivity index (χ1v) is 8.81. The van der Waals surface area contributed by atoms with Gasteiger partial charge in [-0.3, -0.25) is 9.59 Å². The summed E-state index contributed by atoms with van der Waals surface area (Å²) >= 11 is 11.8. The molecule has 0 spiro atoms. The number of carboxylic acid groups (broad SMARTS) is 1. The number of rotatable bonds is 7. The minimum Gasteiger partial charge on any atom is -0.492 e. The zero-order valence-corrected chi connectivity index (χ0v) is 14.8. The highest BCUT2D eigenvalue weighted by atomic mass is 35.5. The van der Waals surface area contributed by atoms with Crippen molar-refractivity contribution in [2.24, 2.45) is 5.92 Å². The molecule has 1 fully saturated rings. The number of hydrogen-bond donors (Lipinski definition) is 2. The first kappa shape index (κ1) is 18.9. The lowest BCUT2D eigenvalue weighted by Gasteiger charge is -2.26. The van der Waals surface area contributed by atoms with Crippen LogP contribution < -0.4 is 10.1 Å². The van der Waals surface area contributed by atoms with Gasteiger partial charge in [-0.1, -0.05) is 23.2 Å². The molecule has 5 nitrogen and oxygen atoms in total. The third-order valence-electron chi connectivity index (χ3n) is 4.14. The van der Waals surface area contributed by atoms with Crippen molar-refractivity contribution in [1.82, 2.24) is 5.32 Å². The lowest BCUT2D eigenvalue weighted by molar-refractivity contribution is -0.142. The average Bonchev–Trinajstić information content (AvgIpc) is 2.53. The average molecular weight is 374 g/mol. The van der Waals surface area contributed by atoms with E-state index in [0.29, 0.717) is 48.1 Å². The molecule has 1 aliphatic rings. The van der Waals surface area contributed by atoms with Gasteiger partial charge in [0.15, 0.2) is 0 Å². The molecule has 0 heterocycles. The zero-order chi connectivity index (χ0) is 17.5. The molecule has 0 atom stereocenters. The monoisotopic (exact) mass is 373 g/mol. The first-order chi connectivity index (χ1) is 11.5.